The average molecular weight is 632 g/mol. The van der Waals surface area contributed by atoms with Gasteiger partial charge in [0, 0.05) is 39.5 Å². The smallest absolute Gasteiger partial charge is 0.276 e. The Morgan fingerprint density at radius 3 is 2.87 bits per heavy atom. The Bertz CT molecular complexity index is 1360. The lowest BCUT2D eigenvalue weighted by molar-refractivity contribution is -0.417. The van der Waals surface area contributed by atoms with Gasteiger partial charge in [0.25, 0.3) is 11.8 Å². The van der Waals surface area contributed by atoms with E-state index < -0.39 is 34.9 Å². The summed E-state index contributed by atoms with van der Waals surface area (Å²) in [5.74, 6) is -1.64. The molecule has 2 aliphatic rings. The molecule has 13 nitrogen and oxygen atoms in total. The van der Waals surface area contributed by atoms with Gasteiger partial charge >= 0.3 is 0 Å². The van der Waals surface area contributed by atoms with Crippen LogP contribution >= 0.6 is 58.2 Å². The van der Waals surface area contributed by atoms with E-state index in [1.165, 1.54) is 23.5 Å². The third kappa shape index (κ3) is 6.29. The maximum atomic E-state index is 13.0. The Balaban J connectivity index is 1.50. The molecule has 0 saturated carbocycles. The zero-order valence-electron chi connectivity index (χ0n) is 19.9. The summed E-state index contributed by atoms with van der Waals surface area (Å²) in [7, 11) is 0. The summed E-state index contributed by atoms with van der Waals surface area (Å²) < 4.78 is 0.0290. The van der Waals surface area contributed by atoms with Crippen LogP contribution in [0, 0.1) is 0 Å². The first-order valence-electron chi connectivity index (χ1n) is 11.1. The van der Waals surface area contributed by atoms with Crippen molar-refractivity contribution in [1.29, 1.82) is 0 Å². The summed E-state index contributed by atoms with van der Waals surface area (Å²) in [4.78, 5) is 48.3. The molecule has 4 heterocycles. The van der Waals surface area contributed by atoms with Crippen molar-refractivity contribution in [3.63, 3.8) is 0 Å². The zero-order chi connectivity index (χ0) is 28.3. The molecule has 2 aliphatic heterocycles. The quantitative estimate of drug-likeness (QED) is 0.0866. The van der Waals surface area contributed by atoms with Gasteiger partial charge < -0.3 is 37.0 Å². The van der Waals surface area contributed by atoms with Crippen molar-refractivity contribution < 1.29 is 35.5 Å². The van der Waals surface area contributed by atoms with Crippen molar-refractivity contribution in [1.82, 2.24) is 20.2 Å². The number of nitrogen functional groups attached to an aromatic ring is 1. The minimum Gasteiger partial charge on any atom is -0.543 e. The Morgan fingerprint density at radius 2 is 2.23 bits per heavy atom. The van der Waals surface area contributed by atoms with E-state index in [9.17, 15) is 29.8 Å². The molecule has 3 atom stereocenters. The molecule has 39 heavy (non-hydrogen) atoms. The second-order valence-corrected chi connectivity index (χ2v) is 13.1. The first kappa shape index (κ1) is 29.4. The molecule has 0 bridgehead atoms. The lowest BCUT2D eigenvalue weighted by atomic mass is 10.0. The first-order valence-corrected chi connectivity index (χ1v) is 15.3. The molecular formula is C21H22ClN7O6S4. The van der Waals surface area contributed by atoms with E-state index in [2.05, 4.69) is 26.2 Å². The molecule has 2 aromatic heterocycles. The van der Waals surface area contributed by atoms with Crippen molar-refractivity contribution in [2.24, 2.45) is 5.16 Å². The standard InChI is InChI=1S/C21H22ClN7O6S4/c22-16-12(27-21(24)39-16)13(28-35)17(31)26-14-18(32)29-15(20(33)34)11(7-37-19(14)29)38-10-1-2-25-3-8(10)5-36-6-9(23)4-30/h1-3,9,14,19,30,35H,4-7,23H2,(H2,24,27)(H,26,31)(H,33,34)/b28-13-/t9-,14+,19+/m0/s1. The van der Waals surface area contributed by atoms with E-state index in [0.717, 1.165) is 26.7 Å². The Morgan fingerprint density at radius 1 is 1.46 bits per heavy atom. The van der Waals surface area contributed by atoms with Crippen molar-refractivity contribution >= 4 is 86.9 Å². The van der Waals surface area contributed by atoms with Gasteiger partial charge in [-0.05, 0) is 11.6 Å². The van der Waals surface area contributed by atoms with Crippen LogP contribution in [-0.2, 0) is 20.1 Å². The van der Waals surface area contributed by atoms with Gasteiger partial charge in [-0.25, -0.2) is 4.98 Å². The van der Waals surface area contributed by atoms with Crippen LogP contribution in [0.1, 0.15) is 11.3 Å². The number of thiazole rings is 1. The maximum absolute atomic E-state index is 13.0. The van der Waals surface area contributed by atoms with Crippen LogP contribution in [0.2, 0.25) is 4.34 Å². The highest BCUT2D eigenvalue weighted by Gasteiger charge is 2.53. The van der Waals surface area contributed by atoms with Gasteiger partial charge in [-0.3, -0.25) is 19.5 Å². The number of aliphatic hydroxyl groups is 1. The van der Waals surface area contributed by atoms with Crippen LogP contribution in [0.25, 0.3) is 0 Å². The van der Waals surface area contributed by atoms with Crippen LogP contribution in [0.3, 0.4) is 0 Å². The van der Waals surface area contributed by atoms with Gasteiger partial charge in [0.05, 0.1) is 18.3 Å². The normalized spacial score (nSPS) is 19.9. The number of carboxylic acids is 1. The van der Waals surface area contributed by atoms with Crippen LogP contribution in [0.4, 0.5) is 5.13 Å². The number of amides is 2. The van der Waals surface area contributed by atoms with Gasteiger partial charge in [0.1, 0.15) is 27.5 Å². The molecule has 208 valence electrons. The van der Waals surface area contributed by atoms with E-state index in [1.54, 1.807) is 30.2 Å². The molecule has 18 heteroatoms. The van der Waals surface area contributed by atoms with Crippen LogP contribution in [-0.4, -0.2) is 84.2 Å². The minimum absolute atomic E-state index is 0.0193. The number of nitrogens with zero attached hydrogens (tertiary/aromatic N) is 4. The zero-order valence-corrected chi connectivity index (χ0v) is 23.9. The number of fused-ring (bicyclic) bond motifs is 1. The van der Waals surface area contributed by atoms with Crippen LogP contribution < -0.4 is 21.9 Å². The molecule has 0 spiro atoms. The average Bonchev–Trinajstić information content (AvgIpc) is 3.25. The number of carbonyl (C=O) groups is 3. The second kappa shape index (κ2) is 12.8. The number of pyridine rings is 1. The summed E-state index contributed by atoms with van der Waals surface area (Å²) in [6.07, 6.45) is 3.28. The molecule has 2 amide bonds. The number of quaternary nitrogens is 1. The fraction of sp³-hybridized carbons (Fsp3) is 0.333. The van der Waals surface area contributed by atoms with Gasteiger partial charge in [0.15, 0.2) is 10.8 Å². The number of anilines is 1. The van der Waals surface area contributed by atoms with Crippen molar-refractivity contribution in [3.8, 4) is 0 Å². The molecule has 1 fully saturated rings. The number of oxime groups is 1. The number of β-lactam (4-membered cyclic amide) rings is 1. The molecule has 0 radical (unpaired) electrons. The number of rotatable bonds is 11. The van der Waals surface area contributed by atoms with E-state index in [0.29, 0.717) is 16.4 Å². The van der Waals surface area contributed by atoms with Crippen LogP contribution in [0.15, 0.2) is 39.1 Å². The van der Waals surface area contributed by atoms with E-state index in [-0.39, 0.29) is 39.3 Å². The number of aromatic nitrogens is 2. The van der Waals surface area contributed by atoms with Gasteiger partial charge in [-0.2, -0.15) is 11.8 Å². The monoisotopic (exact) mass is 631 g/mol. The second-order valence-electron chi connectivity index (χ2n) is 8.19. The van der Waals surface area contributed by atoms with Gasteiger partial charge in [-0.15, -0.1) is 11.8 Å². The summed E-state index contributed by atoms with van der Waals surface area (Å²) in [6.45, 7) is -0.0193. The lowest BCUT2D eigenvalue weighted by Crippen LogP contribution is -2.71. The number of thioether (sulfide) groups is 3. The number of aliphatic hydroxyl groups excluding tert-OH is 1. The number of nitrogens with one attached hydrogen (secondary N) is 1. The van der Waals surface area contributed by atoms with Crippen molar-refractivity contribution in [2.45, 2.75) is 28.1 Å². The predicted molar refractivity (Wildman–Crippen MR) is 147 cm³/mol. The molecule has 2 aromatic rings. The number of hydrogen-bond donors (Lipinski definition) is 5. The third-order valence-corrected chi connectivity index (χ3v) is 10.5. The number of carboxylic acid groups (broad SMARTS) is 1. The predicted octanol–water partition coefficient (Wildman–Crippen LogP) is -1.06. The number of halogens is 1. The molecule has 0 aliphatic carbocycles. The highest BCUT2D eigenvalue weighted by molar-refractivity contribution is 8.06. The maximum Gasteiger partial charge on any atom is 0.276 e. The van der Waals surface area contributed by atoms with Crippen LogP contribution in [0.5, 0.6) is 0 Å². The Labute approximate surface area is 243 Å². The number of nitrogens with two attached hydrogens (primary N) is 1. The summed E-state index contributed by atoms with van der Waals surface area (Å²) in [6, 6.07) is 0.576. The van der Waals surface area contributed by atoms with E-state index in [4.69, 9.17) is 17.3 Å². The van der Waals surface area contributed by atoms with E-state index >= 15 is 0 Å². The summed E-state index contributed by atoms with van der Waals surface area (Å²) in [5, 5.41) is 35.5. The summed E-state index contributed by atoms with van der Waals surface area (Å²) in [5.41, 5.74) is 9.38. The first-order chi connectivity index (χ1) is 18.7. The number of hydrogen-bond acceptors (Lipinski definition) is 14. The van der Waals surface area contributed by atoms with Gasteiger partial charge in [-0.1, -0.05) is 39.9 Å². The Hall–Kier alpha value is -2.54. The molecule has 4 rings (SSSR count). The van der Waals surface area contributed by atoms with Crippen molar-refractivity contribution in [3.05, 3.63) is 44.7 Å². The number of aliphatic carboxylic acids is 1. The SMILES string of the molecule is Nc1nc(/C(=N/O)C(=O)N[C@@H]2C(=O)N3C(C(=O)[O-])=C(Sc4ccncc4CSC[C@@H]([NH3+])CO)CS[C@H]23)c(Cl)s1. The van der Waals surface area contributed by atoms with Gasteiger partial charge in [0.2, 0.25) is 0 Å². The Kier molecular flexibility index (Phi) is 9.63. The molecule has 0 aromatic carbocycles. The molecule has 0 unspecified atom stereocenters. The van der Waals surface area contributed by atoms with Crippen molar-refractivity contribution in [2.75, 3.05) is 23.8 Å². The fourth-order valence-electron chi connectivity index (χ4n) is 3.68. The minimum atomic E-state index is -1.52. The topological polar surface area (TPSA) is 222 Å². The molecule has 1 saturated heterocycles. The highest BCUT2D eigenvalue weighted by Crippen LogP contribution is 2.45. The highest BCUT2D eigenvalue weighted by atomic mass is 35.5. The summed E-state index contributed by atoms with van der Waals surface area (Å²) >= 11 is 10.9. The molecule has 8 N–H and O–H groups in total. The lowest BCUT2D eigenvalue weighted by Gasteiger charge is -2.50. The largest absolute Gasteiger partial charge is 0.543 e. The van der Waals surface area contributed by atoms with E-state index in [1.807, 2.05) is 0 Å². The number of carbonyl (C=O) groups excluding carboxylic acids is 3. The third-order valence-electron chi connectivity index (χ3n) is 5.52. The fourth-order valence-corrected chi connectivity index (χ4v) is 8.26. The molecular weight excluding hydrogens is 610 g/mol.